The maximum Gasteiger partial charge on any atom is 0.130 e. The van der Waals surface area contributed by atoms with Crippen molar-refractivity contribution in [3.05, 3.63) is 84.0 Å². The summed E-state index contributed by atoms with van der Waals surface area (Å²) < 4.78 is 13.5. The van der Waals surface area contributed by atoms with Crippen LogP contribution in [0, 0.1) is 12.7 Å². The molecular weight excluding hydrogens is 351 g/mol. The van der Waals surface area contributed by atoms with Crippen LogP contribution in [0.3, 0.4) is 0 Å². The first-order chi connectivity index (χ1) is 13.4. The maximum atomic E-state index is 13.5. The Labute approximate surface area is 168 Å². The minimum absolute atomic E-state index is 0.0358. The van der Waals surface area contributed by atoms with Gasteiger partial charge in [0.1, 0.15) is 11.6 Å². The summed E-state index contributed by atoms with van der Waals surface area (Å²) in [6.45, 7) is 11.2. The maximum absolute atomic E-state index is 13.5. The Hall–Kier alpha value is -2.75. The van der Waals surface area contributed by atoms with E-state index in [0.29, 0.717) is 12.0 Å². The lowest BCUT2D eigenvalue weighted by Gasteiger charge is -2.15. The number of nitrogens with one attached hydrogen (secondary N) is 1. The molecule has 0 amide bonds. The summed E-state index contributed by atoms with van der Waals surface area (Å²) in [4.78, 5) is 11.1. The van der Waals surface area contributed by atoms with Gasteiger partial charge in [0.05, 0.1) is 5.69 Å². The number of carbonyl (C=O) groups is 1. The molecule has 0 saturated heterocycles. The Morgan fingerprint density at radius 3 is 2.57 bits per heavy atom. The van der Waals surface area contributed by atoms with Crippen molar-refractivity contribution >= 4 is 11.4 Å². The van der Waals surface area contributed by atoms with Crippen molar-refractivity contribution in [3.63, 3.8) is 0 Å². The van der Waals surface area contributed by atoms with Gasteiger partial charge in [0.15, 0.2) is 0 Å². The molecule has 0 saturated carbocycles. The molecule has 1 aromatic heterocycles. The summed E-state index contributed by atoms with van der Waals surface area (Å²) in [5, 5.41) is 7.07. The number of halogens is 1. The van der Waals surface area contributed by atoms with Gasteiger partial charge in [-0.15, -0.1) is 0 Å². The van der Waals surface area contributed by atoms with Gasteiger partial charge in [-0.3, -0.25) is 5.10 Å². The second-order valence-corrected chi connectivity index (χ2v) is 6.71. The first-order valence-electron chi connectivity index (χ1n) is 9.64. The largest absolute Gasteiger partial charge is 0.300 e. The molecule has 1 heterocycles. The molecule has 4 heteroatoms. The molecule has 2 aromatic rings. The Bertz CT molecular complexity index is 818. The Kier molecular flexibility index (Phi) is 10.5. The standard InChI is InChI=1S/C13H17FO.C11H14N2/c1-3-6-11(9-10(2)15)12-7-4-5-8-13(12)14;1-4-6-10(7-5-2)11-8-9(3)12-13-11/h4-5,7-8,11H,3,6,9H2,1-2H3;4-8H,1H2,2-3H3,(H,12,13)/b;7-5-,10-6+. The number of hydrogen-bond donors (Lipinski definition) is 1. The van der Waals surface area contributed by atoms with E-state index in [1.807, 2.05) is 51.1 Å². The molecule has 1 unspecified atom stereocenters. The van der Waals surface area contributed by atoms with E-state index in [4.69, 9.17) is 0 Å². The van der Waals surface area contributed by atoms with E-state index in [1.54, 1.807) is 25.1 Å². The number of H-pyrrole nitrogens is 1. The minimum Gasteiger partial charge on any atom is -0.300 e. The third kappa shape index (κ3) is 7.87. The molecule has 0 aliphatic carbocycles. The van der Waals surface area contributed by atoms with Crippen LogP contribution in [0.15, 0.2) is 61.2 Å². The molecule has 0 fully saturated rings. The van der Waals surface area contributed by atoms with E-state index in [1.165, 1.54) is 6.07 Å². The number of carbonyl (C=O) groups excluding carboxylic acids is 1. The smallest absolute Gasteiger partial charge is 0.130 e. The van der Waals surface area contributed by atoms with Crippen molar-refractivity contribution in [1.29, 1.82) is 0 Å². The van der Waals surface area contributed by atoms with Crippen molar-refractivity contribution in [1.82, 2.24) is 10.2 Å². The van der Waals surface area contributed by atoms with Crippen LogP contribution in [0.2, 0.25) is 0 Å². The van der Waals surface area contributed by atoms with Gasteiger partial charge in [-0.2, -0.15) is 5.10 Å². The van der Waals surface area contributed by atoms with Crippen molar-refractivity contribution in [2.45, 2.75) is 52.9 Å². The number of rotatable bonds is 8. The summed E-state index contributed by atoms with van der Waals surface area (Å²) in [5.74, 6) is -0.0393. The predicted molar refractivity (Wildman–Crippen MR) is 116 cm³/mol. The number of aryl methyl sites for hydroxylation is 1. The summed E-state index contributed by atoms with van der Waals surface area (Å²) in [6.07, 6.45) is 9.97. The zero-order valence-corrected chi connectivity index (χ0v) is 17.3. The second-order valence-electron chi connectivity index (χ2n) is 6.71. The van der Waals surface area contributed by atoms with Crippen LogP contribution in [0.1, 0.15) is 62.9 Å². The zero-order valence-electron chi connectivity index (χ0n) is 17.3. The van der Waals surface area contributed by atoms with E-state index < -0.39 is 0 Å². The highest BCUT2D eigenvalue weighted by Gasteiger charge is 2.16. The van der Waals surface area contributed by atoms with Gasteiger partial charge < -0.3 is 4.79 Å². The zero-order chi connectivity index (χ0) is 20.9. The SMILES string of the molecule is C=C/C=C(\C=C/C)c1cc(C)[nH]n1.CCCC(CC(C)=O)c1ccccc1F. The molecule has 1 N–H and O–H groups in total. The lowest BCUT2D eigenvalue weighted by Crippen LogP contribution is -2.06. The van der Waals surface area contributed by atoms with E-state index >= 15 is 0 Å². The lowest BCUT2D eigenvalue weighted by molar-refractivity contribution is -0.117. The number of allylic oxidation sites excluding steroid dienone is 5. The molecule has 1 aromatic carbocycles. The van der Waals surface area contributed by atoms with Crippen LogP contribution in [-0.2, 0) is 4.79 Å². The summed E-state index contributed by atoms with van der Waals surface area (Å²) in [5.41, 5.74) is 3.77. The monoisotopic (exact) mass is 382 g/mol. The van der Waals surface area contributed by atoms with E-state index in [9.17, 15) is 9.18 Å². The van der Waals surface area contributed by atoms with Crippen LogP contribution in [0.5, 0.6) is 0 Å². The van der Waals surface area contributed by atoms with Crippen LogP contribution in [0.4, 0.5) is 4.39 Å². The van der Waals surface area contributed by atoms with Crippen LogP contribution < -0.4 is 0 Å². The fourth-order valence-corrected chi connectivity index (χ4v) is 2.97. The van der Waals surface area contributed by atoms with E-state index in [0.717, 1.165) is 29.8 Å². The molecule has 28 heavy (non-hydrogen) atoms. The fourth-order valence-electron chi connectivity index (χ4n) is 2.97. The molecule has 150 valence electrons. The van der Waals surface area contributed by atoms with Gasteiger partial charge in [-0.05, 0) is 50.8 Å². The highest BCUT2D eigenvalue weighted by atomic mass is 19.1. The molecule has 0 aliphatic rings. The number of benzene rings is 1. The molecule has 0 bridgehead atoms. The fraction of sp³-hybridized carbons (Fsp3) is 0.333. The van der Waals surface area contributed by atoms with Crippen LogP contribution in [-0.4, -0.2) is 16.0 Å². The first-order valence-corrected chi connectivity index (χ1v) is 9.64. The normalized spacial score (nSPS) is 12.4. The van der Waals surface area contributed by atoms with Crippen LogP contribution in [0.25, 0.3) is 5.57 Å². The van der Waals surface area contributed by atoms with Crippen molar-refractivity contribution in [2.75, 3.05) is 0 Å². The third-order valence-corrected chi connectivity index (χ3v) is 4.16. The van der Waals surface area contributed by atoms with Crippen molar-refractivity contribution < 1.29 is 9.18 Å². The molecule has 0 spiro atoms. The van der Waals surface area contributed by atoms with Gasteiger partial charge in [0.25, 0.3) is 0 Å². The van der Waals surface area contributed by atoms with E-state index in [2.05, 4.69) is 16.8 Å². The molecular formula is C24H31FN2O. The Balaban J connectivity index is 0.000000283. The van der Waals surface area contributed by atoms with Gasteiger partial charge >= 0.3 is 0 Å². The van der Waals surface area contributed by atoms with E-state index in [-0.39, 0.29) is 17.5 Å². The molecule has 1 atom stereocenters. The number of aromatic nitrogens is 2. The van der Waals surface area contributed by atoms with Gasteiger partial charge in [0.2, 0.25) is 0 Å². The average Bonchev–Trinajstić information content (AvgIpc) is 3.08. The molecule has 0 radical (unpaired) electrons. The number of hydrogen-bond acceptors (Lipinski definition) is 2. The highest BCUT2D eigenvalue weighted by Crippen LogP contribution is 2.27. The topological polar surface area (TPSA) is 45.8 Å². The molecule has 2 rings (SSSR count). The first kappa shape index (κ1) is 23.3. The number of nitrogens with zero attached hydrogens (tertiary/aromatic N) is 1. The summed E-state index contributed by atoms with van der Waals surface area (Å²) >= 11 is 0. The highest BCUT2D eigenvalue weighted by molar-refractivity contribution is 5.76. The summed E-state index contributed by atoms with van der Waals surface area (Å²) in [6, 6.07) is 8.74. The number of ketones is 1. The Morgan fingerprint density at radius 1 is 1.36 bits per heavy atom. The predicted octanol–water partition coefficient (Wildman–Crippen LogP) is 6.55. The van der Waals surface area contributed by atoms with Crippen molar-refractivity contribution in [2.24, 2.45) is 0 Å². The number of Topliss-reactive ketones (excluding diaryl/α,β-unsaturated/α-hetero) is 1. The molecule has 0 aliphatic heterocycles. The Morgan fingerprint density at radius 2 is 2.07 bits per heavy atom. The summed E-state index contributed by atoms with van der Waals surface area (Å²) in [7, 11) is 0. The lowest BCUT2D eigenvalue weighted by atomic mass is 9.90. The number of aromatic amines is 1. The van der Waals surface area contributed by atoms with Crippen LogP contribution >= 0.6 is 0 Å². The van der Waals surface area contributed by atoms with Gasteiger partial charge in [-0.25, -0.2) is 4.39 Å². The van der Waals surface area contributed by atoms with Gasteiger partial charge in [-0.1, -0.05) is 62.4 Å². The third-order valence-electron chi connectivity index (χ3n) is 4.16. The average molecular weight is 383 g/mol. The minimum atomic E-state index is -0.197. The van der Waals surface area contributed by atoms with Gasteiger partial charge in [0, 0.05) is 17.7 Å². The van der Waals surface area contributed by atoms with Crippen molar-refractivity contribution in [3.8, 4) is 0 Å². The molecule has 3 nitrogen and oxygen atoms in total. The quantitative estimate of drug-likeness (QED) is 0.526. The second kappa shape index (κ2) is 12.6.